The molecule has 2 heterocycles. The molecule has 0 bridgehead atoms. The van der Waals surface area contributed by atoms with Gasteiger partial charge in [0.05, 0.1) is 15.6 Å². The Morgan fingerprint density at radius 3 is 2.57 bits per heavy atom. The van der Waals surface area contributed by atoms with Crippen LogP contribution in [0.5, 0.6) is 0 Å². The Labute approximate surface area is 147 Å². The van der Waals surface area contributed by atoms with E-state index in [1.54, 1.807) is 6.07 Å². The van der Waals surface area contributed by atoms with Crippen molar-refractivity contribution in [3.8, 4) is 0 Å². The molecule has 0 saturated carbocycles. The van der Waals surface area contributed by atoms with Gasteiger partial charge in [-0.15, -0.1) is 11.3 Å². The predicted octanol–water partition coefficient (Wildman–Crippen LogP) is 4.25. The summed E-state index contributed by atoms with van der Waals surface area (Å²) in [5, 5.41) is 3.06. The van der Waals surface area contributed by atoms with Gasteiger partial charge in [-0.1, -0.05) is 23.2 Å². The number of rotatable bonds is 4. The first kappa shape index (κ1) is 17.7. The maximum Gasteiger partial charge on any atom is 0.340 e. The van der Waals surface area contributed by atoms with Gasteiger partial charge < -0.3 is 10.1 Å². The molecule has 0 fully saturated rings. The summed E-state index contributed by atoms with van der Waals surface area (Å²) in [5.74, 6) is -0.907. The molecule has 0 aliphatic carbocycles. The Bertz CT molecular complexity index is 761. The highest BCUT2D eigenvalue weighted by molar-refractivity contribution is 7.12. The average Bonchev–Trinajstić information content (AvgIpc) is 2.80. The molecule has 2 aromatic rings. The summed E-state index contributed by atoms with van der Waals surface area (Å²) in [6, 6.07) is 3.20. The third kappa shape index (κ3) is 4.43. The van der Waals surface area contributed by atoms with Crippen LogP contribution < -0.4 is 5.32 Å². The highest BCUT2D eigenvalue weighted by Crippen LogP contribution is 2.24. The minimum atomic E-state index is -0.990. The van der Waals surface area contributed by atoms with Gasteiger partial charge in [-0.05, 0) is 32.9 Å². The van der Waals surface area contributed by atoms with Gasteiger partial charge in [0.1, 0.15) is 0 Å². The largest absolute Gasteiger partial charge is 0.449 e. The molecule has 5 nitrogen and oxygen atoms in total. The van der Waals surface area contributed by atoms with Crippen LogP contribution in [0, 0.1) is 13.8 Å². The Morgan fingerprint density at radius 2 is 2.00 bits per heavy atom. The van der Waals surface area contributed by atoms with E-state index >= 15 is 0 Å². The molecule has 2 aromatic heterocycles. The number of amides is 1. The number of thiophene rings is 1. The van der Waals surface area contributed by atoms with E-state index in [4.69, 9.17) is 27.9 Å². The Balaban J connectivity index is 2.02. The van der Waals surface area contributed by atoms with Gasteiger partial charge in [0, 0.05) is 16.0 Å². The van der Waals surface area contributed by atoms with E-state index in [1.807, 2.05) is 13.8 Å². The summed E-state index contributed by atoms with van der Waals surface area (Å²) in [6.07, 6.45) is 0.368. The lowest BCUT2D eigenvalue weighted by atomic mass is 10.2. The molecule has 0 aliphatic rings. The first-order valence-electron chi connectivity index (χ1n) is 6.68. The predicted molar refractivity (Wildman–Crippen MR) is 91.6 cm³/mol. The minimum absolute atomic E-state index is 0.159. The number of hydrogen-bond acceptors (Lipinski definition) is 5. The normalized spacial score (nSPS) is 11.9. The number of nitrogens with zero attached hydrogens (tertiary/aromatic N) is 1. The summed E-state index contributed by atoms with van der Waals surface area (Å²) < 4.78 is 5.19. The topological polar surface area (TPSA) is 68.3 Å². The van der Waals surface area contributed by atoms with Crippen LogP contribution in [-0.4, -0.2) is 23.0 Å². The smallest absolute Gasteiger partial charge is 0.340 e. The third-order valence-corrected chi connectivity index (χ3v) is 4.42. The van der Waals surface area contributed by atoms with Gasteiger partial charge in [-0.2, -0.15) is 0 Å². The van der Waals surface area contributed by atoms with E-state index in [0.717, 1.165) is 9.75 Å². The molecule has 2 rings (SSSR count). The SMILES string of the molecule is Cc1cc(C(=O)O[C@@H](C)C(=O)Nc2ncc(Cl)cc2Cl)c(C)s1. The molecular formula is C15H14Cl2N2O3S. The van der Waals surface area contributed by atoms with Crippen LogP contribution >= 0.6 is 34.5 Å². The van der Waals surface area contributed by atoms with E-state index in [-0.39, 0.29) is 10.8 Å². The molecule has 23 heavy (non-hydrogen) atoms. The molecule has 0 spiro atoms. The second-order valence-corrected chi connectivity index (χ2v) is 7.15. The van der Waals surface area contributed by atoms with Gasteiger partial charge in [0.2, 0.25) is 0 Å². The highest BCUT2D eigenvalue weighted by atomic mass is 35.5. The standard InChI is InChI=1S/C15H14Cl2N2O3S/c1-7-4-11(9(3)23-7)15(21)22-8(2)14(20)19-13-12(17)5-10(16)6-18-13/h4-6,8H,1-3H3,(H,18,19,20)/t8-/m0/s1. The van der Waals surface area contributed by atoms with E-state index in [9.17, 15) is 9.59 Å². The summed E-state index contributed by atoms with van der Waals surface area (Å²) >= 11 is 13.2. The van der Waals surface area contributed by atoms with E-state index in [0.29, 0.717) is 10.6 Å². The van der Waals surface area contributed by atoms with Crippen LogP contribution in [0.25, 0.3) is 0 Å². The van der Waals surface area contributed by atoms with Crippen LogP contribution in [0.1, 0.15) is 27.0 Å². The lowest BCUT2D eigenvalue weighted by Gasteiger charge is -2.13. The van der Waals surface area contributed by atoms with Crippen molar-refractivity contribution in [2.24, 2.45) is 0 Å². The second-order valence-electron chi connectivity index (χ2n) is 4.85. The van der Waals surface area contributed by atoms with Crippen LogP contribution in [0.15, 0.2) is 18.3 Å². The number of ether oxygens (including phenoxy) is 1. The molecule has 0 aromatic carbocycles. The number of aromatic nitrogens is 1. The molecule has 1 atom stereocenters. The maximum absolute atomic E-state index is 12.1. The Hall–Kier alpha value is -1.63. The fourth-order valence-electron chi connectivity index (χ4n) is 1.84. The van der Waals surface area contributed by atoms with Crippen molar-refractivity contribution in [2.45, 2.75) is 26.9 Å². The average molecular weight is 373 g/mol. The number of pyridine rings is 1. The molecule has 1 amide bonds. The maximum atomic E-state index is 12.1. The van der Waals surface area contributed by atoms with Gasteiger partial charge >= 0.3 is 5.97 Å². The number of anilines is 1. The first-order valence-corrected chi connectivity index (χ1v) is 8.25. The minimum Gasteiger partial charge on any atom is -0.449 e. The van der Waals surface area contributed by atoms with Gasteiger partial charge in [0.25, 0.3) is 5.91 Å². The van der Waals surface area contributed by atoms with Crippen molar-refractivity contribution in [1.29, 1.82) is 0 Å². The molecule has 0 radical (unpaired) electrons. The molecule has 122 valence electrons. The van der Waals surface area contributed by atoms with E-state index < -0.39 is 18.0 Å². The number of carbonyl (C=O) groups is 2. The van der Waals surface area contributed by atoms with Crippen LogP contribution in [0.3, 0.4) is 0 Å². The van der Waals surface area contributed by atoms with Crippen molar-refractivity contribution in [1.82, 2.24) is 4.98 Å². The lowest BCUT2D eigenvalue weighted by molar-refractivity contribution is -0.123. The number of halogens is 2. The third-order valence-electron chi connectivity index (χ3n) is 2.96. The molecule has 0 saturated heterocycles. The molecule has 0 unspecified atom stereocenters. The number of esters is 1. The van der Waals surface area contributed by atoms with E-state index in [1.165, 1.54) is 30.5 Å². The van der Waals surface area contributed by atoms with Gasteiger partial charge in [0.15, 0.2) is 11.9 Å². The fourth-order valence-corrected chi connectivity index (χ4v) is 3.18. The first-order chi connectivity index (χ1) is 10.8. The molecule has 8 heteroatoms. The Kier molecular flexibility index (Phi) is 5.62. The van der Waals surface area contributed by atoms with Crippen molar-refractivity contribution < 1.29 is 14.3 Å². The summed E-state index contributed by atoms with van der Waals surface area (Å²) in [7, 11) is 0. The van der Waals surface area contributed by atoms with Gasteiger partial charge in [-0.3, -0.25) is 4.79 Å². The quantitative estimate of drug-likeness (QED) is 0.814. The number of carbonyl (C=O) groups excluding carboxylic acids is 2. The fraction of sp³-hybridized carbons (Fsp3) is 0.267. The zero-order valence-corrected chi connectivity index (χ0v) is 15.0. The molecule has 1 N–H and O–H groups in total. The monoisotopic (exact) mass is 372 g/mol. The highest BCUT2D eigenvalue weighted by Gasteiger charge is 2.22. The molecular weight excluding hydrogens is 359 g/mol. The van der Waals surface area contributed by atoms with Crippen LogP contribution in [0.2, 0.25) is 10.0 Å². The van der Waals surface area contributed by atoms with Crippen molar-refractivity contribution in [2.75, 3.05) is 5.32 Å². The number of nitrogens with one attached hydrogen (secondary N) is 1. The number of aryl methyl sites for hydroxylation is 2. The summed E-state index contributed by atoms with van der Waals surface area (Å²) in [6.45, 7) is 5.21. The Morgan fingerprint density at radius 1 is 1.30 bits per heavy atom. The second kappa shape index (κ2) is 7.29. The van der Waals surface area contributed by atoms with Crippen molar-refractivity contribution >= 4 is 52.2 Å². The van der Waals surface area contributed by atoms with Crippen molar-refractivity contribution in [3.05, 3.63) is 43.7 Å². The lowest BCUT2D eigenvalue weighted by Crippen LogP contribution is -2.30. The zero-order chi connectivity index (χ0) is 17.1. The van der Waals surface area contributed by atoms with Crippen LogP contribution in [0.4, 0.5) is 5.82 Å². The molecule has 0 aliphatic heterocycles. The summed E-state index contributed by atoms with van der Waals surface area (Å²) in [5.41, 5.74) is 0.467. The summed E-state index contributed by atoms with van der Waals surface area (Å²) in [4.78, 5) is 30.0. The van der Waals surface area contributed by atoms with Crippen LogP contribution in [-0.2, 0) is 9.53 Å². The van der Waals surface area contributed by atoms with E-state index in [2.05, 4.69) is 10.3 Å². The number of hydrogen-bond donors (Lipinski definition) is 1. The zero-order valence-electron chi connectivity index (χ0n) is 12.6. The van der Waals surface area contributed by atoms with Gasteiger partial charge in [-0.25, -0.2) is 9.78 Å². The van der Waals surface area contributed by atoms with Crippen molar-refractivity contribution in [3.63, 3.8) is 0 Å².